The van der Waals surface area contributed by atoms with E-state index in [4.69, 9.17) is 0 Å². The standard InChI is InChI=1S/C55H59N/c1-51(2,3)37-24-26-43(27-25-37)56(48-22-12-10-18-44(48)36-28-38(52(4,5)6)30-39(29-36)53(7,8)9)49-23-13-11-19-45(49)46-20-14-16-35-17-15-21-47(50(35)46)54-33-41-31-40-32-42(34-54)55(40,41)54/h10-30,40-42H,31-34H2,1-9H3. The number of para-hydroxylation sites is 2. The van der Waals surface area contributed by atoms with Gasteiger partial charge in [-0.3, -0.25) is 0 Å². The van der Waals surface area contributed by atoms with E-state index in [1.807, 2.05) is 0 Å². The van der Waals surface area contributed by atoms with Gasteiger partial charge in [0.15, 0.2) is 0 Å². The summed E-state index contributed by atoms with van der Waals surface area (Å²) < 4.78 is 0. The van der Waals surface area contributed by atoms with Crippen LogP contribution in [-0.4, -0.2) is 0 Å². The van der Waals surface area contributed by atoms with Crippen molar-refractivity contribution < 1.29 is 0 Å². The second kappa shape index (κ2) is 12.0. The van der Waals surface area contributed by atoms with Crippen molar-refractivity contribution in [3.05, 3.63) is 150 Å². The molecule has 0 saturated heterocycles. The van der Waals surface area contributed by atoms with Crippen LogP contribution < -0.4 is 4.90 Å². The second-order valence-corrected chi connectivity index (χ2v) is 21.2. The van der Waals surface area contributed by atoms with Crippen LogP contribution in [0.4, 0.5) is 17.1 Å². The lowest BCUT2D eigenvalue weighted by Gasteiger charge is -2.91. The maximum atomic E-state index is 2.56. The average molecular weight is 734 g/mol. The van der Waals surface area contributed by atoms with Gasteiger partial charge >= 0.3 is 0 Å². The maximum Gasteiger partial charge on any atom is 0.0540 e. The first-order valence-electron chi connectivity index (χ1n) is 21.4. The van der Waals surface area contributed by atoms with Gasteiger partial charge in [0, 0.05) is 22.2 Å². The zero-order valence-corrected chi connectivity index (χ0v) is 35.1. The maximum absolute atomic E-state index is 2.56. The Morgan fingerprint density at radius 2 is 1.00 bits per heavy atom. The summed E-state index contributed by atoms with van der Waals surface area (Å²) >= 11 is 0. The van der Waals surface area contributed by atoms with Crippen molar-refractivity contribution in [1.29, 1.82) is 0 Å². The highest BCUT2D eigenvalue weighted by Crippen LogP contribution is 2.93. The van der Waals surface area contributed by atoms with Gasteiger partial charge < -0.3 is 4.90 Å². The molecule has 2 unspecified atom stereocenters. The summed E-state index contributed by atoms with van der Waals surface area (Å²) in [5.41, 5.74) is 15.6. The number of rotatable bonds is 6. The van der Waals surface area contributed by atoms with Crippen molar-refractivity contribution in [2.24, 2.45) is 23.2 Å². The largest absolute Gasteiger partial charge is 0.309 e. The predicted molar refractivity (Wildman–Crippen MR) is 239 cm³/mol. The monoisotopic (exact) mass is 733 g/mol. The van der Waals surface area contributed by atoms with Crippen LogP contribution in [0, 0.1) is 23.2 Å². The van der Waals surface area contributed by atoms with Crippen molar-refractivity contribution in [2.75, 3.05) is 4.90 Å². The van der Waals surface area contributed by atoms with E-state index in [9.17, 15) is 0 Å². The molecular weight excluding hydrogens is 675 g/mol. The van der Waals surface area contributed by atoms with Crippen molar-refractivity contribution in [2.45, 2.75) is 110 Å². The van der Waals surface area contributed by atoms with Gasteiger partial charge in [0.1, 0.15) is 0 Å². The highest BCUT2D eigenvalue weighted by atomic mass is 15.1. The van der Waals surface area contributed by atoms with Crippen LogP contribution in [0.15, 0.2) is 127 Å². The number of benzene rings is 6. The SMILES string of the molecule is CC(C)(C)c1ccc(N(c2ccccc2-c2cc(C(C)(C)C)cc(C(C)(C)C)c2)c2ccccc2-c2cccc3cccc(C45CC6CC7CC(C4)C765)c23)cc1. The summed E-state index contributed by atoms with van der Waals surface area (Å²) in [7, 11) is 0. The molecule has 0 aromatic heterocycles. The van der Waals surface area contributed by atoms with Crippen LogP contribution in [0.25, 0.3) is 33.0 Å². The first kappa shape index (κ1) is 35.8. The van der Waals surface area contributed by atoms with Gasteiger partial charge in [0.25, 0.3) is 0 Å². The zero-order chi connectivity index (χ0) is 39.0. The Morgan fingerprint density at radius 3 is 1.55 bits per heavy atom. The van der Waals surface area contributed by atoms with Crippen LogP contribution >= 0.6 is 0 Å². The van der Waals surface area contributed by atoms with Gasteiger partial charge in [-0.25, -0.2) is 0 Å². The van der Waals surface area contributed by atoms with Gasteiger partial charge in [-0.1, -0.05) is 165 Å². The first-order chi connectivity index (χ1) is 26.6. The number of anilines is 3. The molecule has 1 spiro atoms. The highest BCUT2D eigenvalue weighted by molar-refractivity contribution is 6.04. The number of hydrogen-bond donors (Lipinski definition) is 0. The molecule has 4 fully saturated rings. The molecule has 4 aliphatic rings. The molecule has 0 bridgehead atoms. The minimum Gasteiger partial charge on any atom is -0.309 e. The molecule has 10 rings (SSSR count). The second-order valence-electron chi connectivity index (χ2n) is 21.2. The van der Waals surface area contributed by atoms with E-state index >= 15 is 0 Å². The van der Waals surface area contributed by atoms with E-state index in [2.05, 4.69) is 195 Å². The zero-order valence-electron chi connectivity index (χ0n) is 35.1. The number of hydrogen-bond acceptors (Lipinski definition) is 1. The van der Waals surface area contributed by atoms with E-state index in [0.29, 0.717) is 10.8 Å². The summed E-state index contributed by atoms with van der Waals surface area (Å²) in [4.78, 5) is 2.56. The summed E-state index contributed by atoms with van der Waals surface area (Å²) in [6.07, 6.45) is 5.74. The quantitative estimate of drug-likeness (QED) is 0.165. The lowest BCUT2D eigenvalue weighted by molar-refractivity contribution is -0.394. The molecular formula is C55H59N. The van der Waals surface area contributed by atoms with Crippen molar-refractivity contribution in [3.63, 3.8) is 0 Å². The topological polar surface area (TPSA) is 3.24 Å². The lowest BCUT2D eigenvalue weighted by Crippen LogP contribution is -2.87. The Morgan fingerprint density at radius 1 is 0.482 bits per heavy atom. The molecule has 0 radical (unpaired) electrons. The summed E-state index contributed by atoms with van der Waals surface area (Å²) in [5, 5.41) is 2.85. The Labute approximate surface area is 336 Å². The van der Waals surface area contributed by atoms with Gasteiger partial charge in [0.2, 0.25) is 0 Å². The highest BCUT2D eigenvalue weighted by Gasteiger charge is 2.87. The Balaban J connectivity index is 1.20. The van der Waals surface area contributed by atoms with Crippen LogP contribution in [-0.2, 0) is 21.7 Å². The molecule has 0 N–H and O–H groups in total. The molecule has 0 aliphatic heterocycles. The molecule has 6 aromatic carbocycles. The molecule has 1 heteroatoms. The van der Waals surface area contributed by atoms with Gasteiger partial charge in [-0.15, -0.1) is 0 Å². The van der Waals surface area contributed by atoms with Crippen LogP contribution in [0.2, 0.25) is 0 Å². The fraction of sp³-hybridized carbons (Fsp3) is 0.382. The molecule has 284 valence electrons. The molecule has 6 aromatic rings. The fourth-order valence-corrected chi connectivity index (χ4v) is 12.3. The van der Waals surface area contributed by atoms with Gasteiger partial charge in [-0.05, 0) is 134 Å². The molecule has 4 aliphatic carbocycles. The molecule has 2 atom stereocenters. The van der Waals surface area contributed by atoms with E-state index in [1.54, 1.807) is 5.56 Å². The Bertz CT molecular complexity index is 2450. The third kappa shape index (κ3) is 4.98. The lowest BCUT2D eigenvalue weighted by atomic mass is 9.12. The summed E-state index contributed by atoms with van der Waals surface area (Å²) in [5.74, 6) is 2.90. The van der Waals surface area contributed by atoms with Crippen molar-refractivity contribution in [3.8, 4) is 22.3 Å². The normalized spacial score (nSPS) is 24.9. The molecule has 4 saturated carbocycles. The van der Waals surface area contributed by atoms with Crippen molar-refractivity contribution >= 4 is 27.8 Å². The Kier molecular flexibility index (Phi) is 7.63. The number of nitrogens with zero attached hydrogens (tertiary/aromatic N) is 1. The minimum atomic E-state index is 0.0189. The van der Waals surface area contributed by atoms with E-state index in [0.717, 1.165) is 17.8 Å². The van der Waals surface area contributed by atoms with Gasteiger partial charge in [0.05, 0.1) is 11.4 Å². The Hall–Kier alpha value is -4.62. The van der Waals surface area contributed by atoms with Crippen LogP contribution in [0.5, 0.6) is 0 Å². The molecule has 0 heterocycles. The van der Waals surface area contributed by atoms with E-state index in [-0.39, 0.29) is 16.2 Å². The average Bonchev–Trinajstić information content (AvgIpc) is 3.13. The molecule has 0 amide bonds. The van der Waals surface area contributed by atoms with Crippen LogP contribution in [0.3, 0.4) is 0 Å². The number of fused-ring (bicyclic) bond motifs is 1. The van der Waals surface area contributed by atoms with Gasteiger partial charge in [-0.2, -0.15) is 0 Å². The van der Waals surface area contributed by atoms with Crippen molar-refractivity contribution in [1.82, 2.24) is 0 Å². The third-order valence-electron chi connectivity index (χ3n) is 15.2. The molecule has 56 heavy (non-hydrogen) atoms. The third-order valence-corrected chi connectivity index (χ3v) is 15.2. The molecule has 1 nitrogen and oxygen atoms in total. The smallest absolute Gasteiger partial charge is 0.0540 e. The van der Waals surface area contributed by atoms with E-state index < -0.39 is 0 Å². The minimum absolute atomic E-state index is 0.0189. The summed E-state index contributed by atoms with van der Waals surface area (Å²) in [6.45, 7) is 20.9. The summed E-state index contributed by atoms with van der Waals surface area (Å²) in [6, 6.07) is 49.4. The van der Waals surface area contributed by atoms with E-state index in [1.165, 1.54) is 92.5 Å². The fourth-order valence-electron chi connectivity index (χ4n) is 12.3. The first-order valence-corrected chi connectivity index (χ1v) is 21.4. The predicted octanol–water partition coefficient (Wildman–Crippen LogP) is 15.2. The van der Waals surface area contributed by atoms with Crippen LogP contribution in [0.1, 0.15) is 110 Å².